The lowest BCUT2D eigenvalue weighted by Gasteiger charge is -2.23. The van der Waals surface area contributed by atoms with Crippen LogP contribution < -0.4 is 0 Å². The van der Waals surface area contributed by atoms with E-state index in [-0.39, 0.29) is 11.8 Å². The molecule has 7 heteroatoms. The predicted molar refractivity (Wildman–Crippen MR) is 78.6 cm³/mol. The Labute approximate surface area is 123 Å². The van der Waals surface area contributed by atoms with Crippen molar-refractivity contribution in [2.24, 2.45) is 22.1 Å². The molecule has 7 nitrogen and oxygen atoms in total. The van der Waals surface area contributed by atoms with Crippen molar-refractivity contribution in [3.8, 4) is 0 Å². The first-order valence-electron chi connectivity index (χ1n) is 6.49. The lowest BCUT2D eigenvalue weighted by molar-refractivity contribution is 0.0293. The summed E-state index contributed by atoms with van der Waals surface area (Å²) in [6.45, 7) is 0.853. The van der Waals surface area contributed by atoms with Crippen LogP contribution in [0.5, 0.6) is 0 Å². The van der Waals surface area contributed by atoms with Crippen LogP contribution in [0.2, 0.25) is 0 Å². The van der Waals surface area contributed by atoms with Gasteiger partial charge in [-0.15, -0.1) is 10.3 Å². The smallest absolute Gasteiger partial charge is 0.124 e. The van der Waals surface area contributed by atoms with Gasteiger partial charge in [0.1, 0.15) is 13.5 Å². The highest BCUT2D eigenvalue weighted by Crippen LogP contribution is 2.10. The Kier molecular flexibility index (Phi) is 5.60. The maximum Gasteiger partial charge on any atom is 0.124 e. The van der Waals surface area contributed by atoms with Gasteiger partial charge in [0, 0.05) is 36.6 Å². The minimum atomic E-state index is 0.0179. The van der Waals surface area contributed by atoms with E-state index in [0.717, 1.165) is 0 Å². The molecule has 0 amide bonds. The van der Waals surface area contributed by atoms with Crippen molar-refractivity contribution >= 4 is 12.4 Å². The summed E-state index contributed by atoms with van der Waals surface area (Å²) in [4.78, 5) is 3.78. The van der Waals surface area contributed by atoms with Gasteiger partial charge < -0.3 is 25.0 Å². The second-order valence-electron chi connectivity index (χ2n) is 4.54. The molecule has 21 heavy (non-hydrogen) atoms. The van der Waals surface area contributed by atoms with E-state index in [1.165, 1.54) is 12.4 Å². The van der Waals surface area contributed by atoms with Gasteiger partial charge in [-0.05, 0) is 0 Å². The molecule has 0 aromatic heterocycles. The Balaban J connectivity index is 1.67. The van der Waals surface area contributed by atoms with Crippen LogP contribution in [0.1, 0.15) is 0 Å². The number of hydrogen-bond donors (Lipinski definition) is 2. The van der Waals surface area contributed by atoms with Gasteiger partial charge in [0.2, 0.25) is 0 Å². The Morgan fingerprint density at radius 3 is 1.52 bits per heavy atom. The van der Waals surface area contributed by atoms with Crippen LogP contribution in [-0.2, 0) is 4.74 Å². The molecule has 2 aliphatic rings. The molecule has 0 fully saturated rings. The van der Waals surface area contributed by atoms with Crippen LogP contribution >= 0.6 is 0 Å². The molecule has 112 valence electrons. The van der Waals surface area contributed by atoms with E-state index in [4.69, 9.17) is 15.2 Å². The van der Waals surface area contributed by atoms with Gasteiger partial charge in [-0.2, -0.15) is 0 Å². The predicted octanol–water partition coefficient (Wildman–Crippen LogP) is 1.76. The number of allylic oxidation sites excluding steroid dienone is 4. The number of rotatable bonds is 6. The summed E-state index contributed by atoms with van der Waals surface area (Å²) in [5.41, 5.74) is 0. The summed E-state index contributed by atoms with van der Waals surface area (Å²) in [6, 6.07) is 0. The molecule has 0 aromatic rings. The van der Waals surface area contributed by atoms with Gasteiger partial charge in [-0.25, -0.2) is 0 Å². The number of oxime groups is 2. The normalized spacial score (nSPS) is 19.6. The topological polar surface area (TPSA) is 80.9 Å². The molecule has 0 radical (unpaired) electrons. The summed E-state index contributed by atoms with van der Waals surface area (Å²) in [6.07, 6.45) is 18.0. The first-order valence-corrected chi connectivity index (χ1v) is 6.49. The van der Waals surface area contributed by atoms with Gasteiger partial charge in [0.25, 0.3) is 0 Å². The van der Waals surface area contributed by atoms with Crippen molar-refractivity contribution in [1.29, 1.82) is 0 Å². The largest absolute Gasteiger partial charge is 0.411 e. The molecule has 2 aliphatic heterocycles. The van der Waals surface area contributed by atoms with Crippen molar-refractivity contribution in [3.63, 3.8) is 0 Å². The molecule has 0 spiro atoms. The highest BCUT2D eigenvalue weighted by Gasteiger charge is 2.07. The van der Waals surface area contributed by atoms with Crippen LogP contribution in [0.4, 0.5) is 0 Å². The summed E-state index contributed by atoms with van der Waals surface area (Å²) >= 11 is 0. The monoisotopic (exact) mass is 290 g/mol. The van der Waals surface area contributed by atoms with E-state index < -0.39 is 0 Å². The molecule has 2 N–H and O–H groups in total. The fourth-order valence-corrected chi connectivity index (χ4v) is 1.84. The summed E-state index contributed by atoms with van der Waals surface area (Å²) in [5, 5.41) is 22.9. The average molecular weight is 290 g/mol. The maximum absolute atomic E-state index is 8.45. The quantitative estimate of drug-likeness (QED) is 0.442. The second kappa shape index (κ2) is 7.91. The Hall–Kier alpha value is -2.54. The van der Waals surface area contributed by atoms with Gasteiger partial charge in [0.15, 0.2) is 0 Å². The van der Waals surface area contributed by atoms with Crippen molar-refractivity contribution in [3.05, 3.63) is 49.1 Å². The SMILES string of the molecule is ON=CC1C=CN(COCN2C=CC(C=NO)C=C2)C=C1. The molecule has 2 heterocycles. The standard InChI is InChI=1S/C14H18N4O3/c19-15-9-13-1-5-17(6-2-13)11-21-12-18-7-3-14(4-8-18)10-16-20/h1-10,13-14,19-20H,11-12H2. The van der Waals surface area contributed by atoms with Crippen molar-refractivity contribution in [2.75, 3.05) is 13.5 Å². The Bertz CT molecular complexity index is 424. The van der Waals surface area contributed by atoms with E-state index in [1.54, 1.807) is 0 Å². The van der Waals surface area contributed by atoms with E-state index in [2.05, 4.69) is 10.3 Å². The van der Waals surface area contributed by atoms with Crippen LogP contribution in [0.25, 0.3) is 0 Å². The zero-order chi connectivity index (χ0) is 14.9. The molecule has 0 aromatic carbocycles. The van der Waals surface area contributed by atoms with Crippen molar-refractivity contribution in [1.82, 2.24) is 9.80 Å². The average Bonchev–Trinajstić information content (AvgIpc) is 2.51. The zero-order valence-electron chi connectivity index (χ0n) is 11.4. The summed E-state index contributed by atoms with van der Waals surface area (Å²) < 4.78 is 5.58. The van der Waals surface area contributed by atoms with Crippen molar-refractivity contribution in [2.45, 2.75) is 0 Å². The summed E-state index contributed by atoms with van der Waals surface area (Å²) in [7, 11) is 0. The number of hydrogen-bond acceptors (Lipinski definition) is 7. The molecule has 0 bridgehead atoms. The molecule has 0 aliphatic carbocycles. The molecule has 2 rings (SSSR count). The third-order valence-corrected chi connectivity index (χ3v) is 2.96. The third-order valence-electron chi connectivity index (χ3n) is 2.96. The van der Waals surface area contributed by atoms with E-state index in [0.29, 0.717) is 13.5 Å². The maximum atomic E-state index is 8.45. The zero-order valence-corrected chi connectivity index (χ0v) is 11.4. The molecular weight excluding hydrogens is 272 g/mol. The Morgan fingerprint density at radius 2 is 1.19 bits per heavy atom. The van der Waals surface area contributed by atoms with Gasteiger partial charge in [0.05, 0.1) is 12.4 Å². The Morgan fingerprint density at radius 1 is 0.810 bits per heavy atom. The van der Waals surface area contributed by atoms with Gasteiger partial charge in [-0.3, -0.25) is 0 Å². The van der Waals surface area contributed by atoms with E-state index in [9.17, 15) is 0 Å². The van der Waals surface area contributed by atoms with E-state index >= 15 is 0 Å². The van der Waals surface area contributed by atoms with Crippen LogP contribution in [-0.4, -0.2) is 46.1 Å². The van der Waals surface area contributed by atoms with Crippen LogP contribution in [0.3, 0.4) is 0 Å². The van der Waals surface area contributed by atoms with Crippen molar-refractivity contribution < 1.29 is 15.2 Å². The highest BCUT2D eigenvalue weighted by atomic mass is 16.5. The first-order chi connectivity index (χ1) is 10.3. The van der Waals surface area contributed by atoms with Gasteiger partial charge in [-0.1, -0.05) is 24.3 Å². The molecular formula is C14H18N4O3. The molecule has 0 saturated heterocycles. The fraction of sp³-hybridized carbons (Fsp3) is 0.286. The van der Waals surface area contributed by atoms with Gasteiger partial charge >= 0.3 is 0 Å². The first kappa shape index (κ1) is 14.9. The minimum Gasteiger partial charge on any atom is -0.411 e. The third kappa shape index (κ3) is 4.81. The highest BCUT2D eigenvalue weighted by molar-refractivity contribution is 5.65. The number of ether oxygens (including phenoxy) is 1. The lowest BCUT2D eigenvalue weighted by Crippen LogP contribution is -2.24. The van der Waals surface area contributed by atoms with Crippen LogP contribution in [0.15, 0.2) is 59.4 Å². The minimum absolute atomic E-state index is 0.0179. The lowest BCUT2D eigenvalue weighted by atomic mass is 10.1. The fourth-order valence-electron chi connectivity index (χ4n) is 1.84. The molecule has 0 unspecified atom stereocenters. The number of nitrogens with zero attached hydrogens (tertiary/aromatic N) is 4. The molecule has 0 atom stereocenters. The van der Waals surface area contributed by atoms with E-state index in [1.807, 2.05) is 58.9 Å². The summed E-state index contributed by atoms with van der Waals surface area (Å²) in [5.74, 6) is 0.0358. The molecule has 0 saturated carbocycles. The second-order valence-corrected chi connectivity index (χ2v) is 4.54. The van der Waals surface area contributed by atoms with Crippen LogP contribution in [0, 0.1) is 11.8 Å².